The fourth-order valence-electron chi connectivity index (χ4n) is 0.980. The van der Waals surface area contributed by atoms with Crippen LogP contribution in [-0.2, 0) is 19.0 Å². The molecule has 0 saturated heterocycles. The maximum atomic E-state index is 11.0. The second kappa shape index (κ2) is 4.23. The van der Waals surface area contributed by atoms with E-state index in [0.29, 0.717) is 6.42 Å². The van der Waals surface area contributed by atoms with Crippen molar-refractivity contribution in [2.24, 2.45) is 0 Å². The zero-order valence-corrected chi connectivity index (χ0v) is 7.15. The van der Waals surface area contributed by atoms with Gasteiger partial charge < -0.3 is 14.2 Å². The summed E-state index contributed by atoms with van der Waals surface area (Å²) in [4.78, 5) is 11.0. The number of hydrogen-bond acceptors (Lipinski definition) is 4. The fraction of sp³-hybridized carbons (Fsp3) is 0.625. The highest BCUT2D eigenvalue weighted by Crippen LogP contribution is 2.13. The van der Waals surface area contributed by atoms with E-state index < -0.39 is 12.1 Å². The Hall–Kier alpha value is -0.870. The first kappa shape index (κ1) is 9.22. The van der Waals surface area contributed by atoms with Crippen molar-refractivity contribution in [3.63, 3.8) is 0 Å². The Kier molecular flexibility index (Phi) is 3.25. The van der Waals surface area contributed by atoms with E-state index >= 15 is 0 Å². The van der Waals surface area contributed by atoms with Gasteiger partial charge in [-0.15, -0.1) is 0 Å². The van der Waals surface area contributed by atoms with Crippen molar-refractivity contribution in [3.8, 4) is 0 Å². The minimum absolute atomic E-state index is 0.334. The summed E-state index contributed by atoms with van der Waals surface area (Å²) < 4.78 is 14.7. The maximum Gasteiger partial charge on any atom is 0.339 e. The third kappa shape index (κ3) is 2.06. The summed E-state index contributed by atoms with van der Waals surface area (Å²) >= 11 is 0. The van der Waals surface area contributed by atoms with E-state index in [-0.39, 0.29) is 6.29 Å². The summed E-state index contributed by atoms with van der Waals surface area (Å²) in [5.74, 6) is -0.395. The third-order valence-electron chi connectivity index (χ3n) is 1.63. The Morgan fingerprint density at radius 3 is 2.92 bits per heavy atom. The van der Waals surface area contributed by atoms with Gasteiger partial charge in [-0.05, 0) is 6.08 Å². The van der Waals surface area contributed by atoms with Gasteiger partial charge in [0.2, 0.25) is 0 Å². The molecule has 0 amide bonds. The minimum atomic E-state index is -0.617. The molecule has 1 rings (SSSR count). The van der Waals surface area contributed by atoms with Gasteiger partial charge in [0.25, 0.3) is 0 Å². The monoisotopic (exact) mass is 172 g/mol. The molecule has 0 spiro atoms. The van der Waals surface area contributed by atoms with Gasteiger partial charge in [-0.1, -0.05) is 6.08 Å². The topological polar surface area (TPSA) is 44.8 Å². The minimum Gasteiger partial charge on any atom is -0.467 e. The highest BCUT2D eigenvalue weighted by Gasteiger charge is 2.24. The molecule has 1 aliphatic heterocycles. The molecule has 0 aromatic rings. The van der Waals surface area contributed by atoms with Gasteiger partial charge in [0.05, 0.1) is 7.11 Å². The molecule has 0 bridgehead atoms. The van der Waals surface area contributed by atoms with Crippen LogP contribution >= 0.6 is 0 Å². The number of rotatable bonds is 2. The number of esters is 1. The van der Waals surface area contributed by atoms with Crippen molar-refractivity contribution in [1.82, 2.24) is 0 Å². The van der Waals surface area contributed by atoms with Crippen LogP contribution in [-0.4, -0.2) is 32.6 Å². The largest absolute Gasteiger partial charge is 0.467 e. The molecule has 0 aromatic heterocycles. The normalized spacial score (nSPS) is 28.5. The molecule has 0 aliphatic carbocycles. The molecule has 0 fully saturated rings. The average molecular weight is 172 g/mol. The average Bonchev–Trinajstić information content (AvgIpc) is 2.17. The number of carbonyl (C=O) groups excluding carboxylic acids is 1. The van der Waals surface area contributed by atoms with Gasteiger partial charge in [-0.3, -0.25) is 0 Å². The first-order valence-electron chi connectivity index (χ1n) is 3.70. The summed E-state index contributed by atoms with van der Waals surface area (Å²) in [6, 6.07) is 0. The van der Waals surface area contributed by atoms with Gasteiger partial charge >= 0.3 is 5.97 Å². The third-order valence-corrected chi connectivity index (χ3v) is 1.63. The molecular formula is C8H12O4. The SMILES string of the molecule is COC(=O)[C@@H]1C=CC[C@H](OC)O1. The predicted molar refractivity (Wildman–Crippen MR) is 41.4 cm³/mol. The second-order valence-corrected chi connectivity index (χ2v) is 2.41. The van der Waals surface area contributed by atoms with E-state index in [0.717, 1.165) is 0 Å². The molecular weight excluding hydrogens is 160 g/mol. The summed E-state index contributed by atoms with van der Waals surface area (Å²) in [5.41, 5.74) is 0. The van der Waals surface area contributed by atoms with Crippen LogP contribution in [0, 0.1) is 0 Å². The van der Waals surface area contributed by atoms with Crippen molar-refractivity contribution < 1.29 is 19.0 Å². The van der Waals surface area contributed by atoms with Gasteiger partial charge in [0.15, 0.2) is 12.4 Å². The highest BCUT2D eigenvalue weighted by molar-refractivity contribution is 5.76. The van der Waals surface area contributed by atoms with Crippen LogP contribution in [0.5, 0.6) is 0 Å². The van der Waals surface area contributed by atoms with Crippen molar-refractivity contribution in [3.05, 3.63) is 12.2 Å². The molecule has 12 heavy (non-hydrogen) atoms. The van der Waals surface area contributed by atoms with E-state index in [1.165, 1.54) is 14.2 Å². The van der Waals surface area contributed by atoms with E-state index in [9.17, 15) is 4.79 Å². The summed E-state index contributed by atoms with van der Waals surface area (Å²) in [6.07, 6.45) is 3.23. The van der Waals surface area contributed by atoms with E-state index in [2.05, 4.69) is 4.74 Å². The van der Waals surface area contributed by atoms with Crippen LogP contribution in [0.1, 0.15) is 6.42 Å². The quantitative estimate of drug-likeness (QED) is 0.449. The summed E-state index contributed by atoms with van der Waals surface area (Å²) in [7, 11) is 2.87. The van der Waals surface area contributed by atoms with E-state index in [1.54, 1.807) is 6.08 Å². The zero-order chi connectivity index (χ0) is 8.97. The standard InChI is InChI=1S/C8H12O4/c1-10-7-5-3-4-6(12-7)8(9)11-2/h3-4,6-7H,5H2,1-2H3/t6-,7+/m0/s1. The van der Waals surface area contributed by atoms with Crippen molar-refractivity contribution in [2.75, 3.05) is 14.2 Å². The summed E-state index contributed by atoms with van der Waals surface area (Å²) in [5, 5.41) is 0. The van der Waals surface area contributed by atoms with E-state index in [1.807, 2.05) is 6.08 Å². The van der Waals surface area contributed by atoms with E-state index in [4.69, 9.17) is 9.47 Å². The van der Waals surface area contributed by atoms with Crippen LogP contribution in [0.15, 0.2) is 12.2 Å². The smallest absolute Gasteiger partial charge is 0.339 e. The van der Waals surface area contributed by atoms with Crippen molar-refractivity contribution >= 4 is 5.97 Å². The Labute approximate surface area is 71.1 Å². The lowest BCUT2D eigenvalue weighted by molar-refractivity contribution is -0.178. The number of ether oxygens (including phenoxy) is 3. The molecule has 0 radical (unpaired) electrons. The summed E-state index contributed by atoms with van der Waals surface area (Å²) in [6.45, 7) is 0. The molecule has 4 heteroatoms. The van der Waals surface area contributed by atoms with Crippen molar-refractivity contribution in [1.29, 1.82) is 0 Å². The van der Waals surface area contributed by atoms with Crippen molar-refractivity contribution in [2.45, 2.75) is 18.8 Å². The first-order chi connectivity index (χ1) is 5.77. The lowest BCUT2D eigenvalue weighted by atomic mass is 10.2. The Bertz CT molecular complexity index is 187. The van der Waals surface area contributed by atoms with Gasteiger partial charge in [0.1, 0.15) is 0 Å². The molecule has 68 valence electrons. The Balaban J connectivity index is 2.51. The highest BCUT2D eigenvalue weighted by atomic mass is 16.7. The molecule has 0 unspecified atom stereocenters. The van der Waals surface area contributed by atoms with Crippen LogP contribution in [0.25, 0.3) is 0 Å². The second-order valence-electron chi connectivity index (χ2n) is 2.41. The number of hydrogen-bond donors (Lipinski definition) is 0. The van der Waals surface area contributed by atoms with Gasteiger partial charge in [0, 0.05) is 13.5 Å². The molecule has 0 aromatic carbocycles. The molecule has 4 nitrogen and oxygen atoms in total. The maximum absolute atomic E-state index is 11.0. The Morgan fingerprint density at radius 2 is 2.33 bits per heavy atom. The van der Waals surface area contributed by atoms with Crippen LogP contribution < -0.4 is 0 Å². The van der Waals surface area contributed by atoms with Crippen LogP contribution in [0.3, 0.4) is 0 Å². The lowest BCUT2D eigenvalue weighted by Crippen LogP contribution is -2.32. The molecule has 0 N–H and O–H groups in total. The molecule has 1 aliphatic rings. The molecule has 1 heterocycles. The lowest BCUT2D eigenvalue weighted by Gasteiger charge is -2.22. The fourth-order valence-corrected chi connectivity index (χ4v) is 0.980. The van der Waals surface area contributed by atoms with Crippen LogP contribution in [0.4, 0.5) is 0 Å². The number of methoxy groups -OCH3 is 2. The Morgan fingerprint density at radius 1 is 1.58 bits per heavy atom. The van der Waals surface area contributed by atoms with Gasteiger partial charge in [-0.2, -0.15) is 0 Å². The van der Waals surface area contributed by atoms with Crippen LogP contribution in [0.2, 0.25) is 0 Å². The molecule has 0 saturated carbocycles. The zero-order valence-electron chi connectivity index (χ0n) is 7.15. The van der Waals surface area contributed by atoms with Gasteiger partial charge in [-0.25, -0.2) is 4.79 Å². The predicted octanol–water partition coefficient (Wildman–Crippen LogP) is 0.477. The first-order valence-corrected chi connectivity index (χ1v) is 3.70. The number of carbonyl (C=O) groups is 1. The molecule has 2 atom stereocenters.